The van der Waals surface area contributed by atoms with Gasteiger partial charge in [-0.1, -0.05) is 36.9 Å². The number of carbonyl (C=O) groups is 1. The van der Waals surface area contributed by atoms with Crippen LogP contribution >= 0.6 is 23.1 Å². The van der Waals surface area contributed by atoms with Crippen LogP contribution in [0.1, 0.15) is 18.9 Å². The fourth-order valence-corrected chi connectivity index (χ4v) is 3.84. The summed E-state index contributed by atoms with van der Waals surface area (Å²) < 4.78 is 5.19. The van der Waals surface area contributed by atoms with Gasteiger partial charge in [-0.3, -0.25) is 10.1 Å². The molecule has 0 aliphatic rings. The highest BCUT2D eigenvalue weighted by molar-refractivity contribution is 7.99. The Morgan fingerprint density at radius 2 is 2.24 bits per heavy atom. The van der Waals surface area contributed by atoms with Gasteiger partial charge in [0.05, 0.1) is 23.9 Å². The van der Waals surface area contributed by atoms with E-state index in [-0.39, 0.29) is 11.7 Å². The minimum atomic E-state index is -0.129. The molecule has 0 atom stereocenters. The number of anilines is 1. The number of H-pyrrole nitrogens is 1. The third-order valence-electron chi connectivity index (χ3n) is 3.30. The fourth-order valence-electron chi connectivity index (χ4n) is 2.19. The number of rotatable bonds is 7. The minimum Gasteiger partial charge on any atom is -0.497 e. The van der Waals surface area contributed by atoms with Gasteiger partial charge in [-0.15, -0.1) is 10.2 Å². The van der Waals surface area contributed by atoms with Crippen molar-refractivity contribution in [1.82, 2.24) is 20.2 Å². The van der Waals surface area contributed by atoms with Crippen LogP contribution in [-0.4, -0.2) is 38.9 Å². The van der Waals surface area contributed by atoms with Gasteiger partial charge < -0.3 is 9.72 Å². The molecule has 1 amide bonds. The van der Waals surface area contributed by atoms with E-state index in [1.165, 1.54) is 23.1 Å². The highest BCUT2D eigenvalue weighted by Crippen LogP contribution is 2.23. The number of hydrogen-bond donors (Lipinski definition) is 2. The van der Waals surface area contributed by atoms with Crippen molar-refractivity contribution in [3.8, 4) is 5.75 Å². The number of aromatic nitrogens is 4. The van der Waals surface area contributed by atoms with Gasteiger partial charge in [0, 0.05) is 12.5 Å². The number of fused-ring (bicyclic) bond motifs is 1. The normalized spacial score (nSPS) is 11.2. The number of imidazole rings is 1. The van der Waals surface area contributed by atoms with Gasteiger partial charge in [-0.2, -0.15) is 0 Å². The van der Waals surface area contributed by atoms with Crippen molar-refractivity contribution in [2.45, 2.75) is 25.4 Å². The number of nitrogens with zero attached hydrogens (tertiary/aromatic N) is 3. The van der Waals surface area contributed by atoms with Crippen LogP contribution < -0.4 is 10.1 Å². The van der Waals surface area contributed by atoms with Crippen LogP contribution in [0.15, 0.2) is 23.4 Å². The number of aromatic amines is 1. The number of hydrogen-bond acceptors (Lipinski definition) is 7. The lowest BCUT2D eigenvalue weighted by atomic mass is 10.1. The third-order valence-corrected chi connectivity index (χ3v) is 5.04. The number of ether oxygens (including phenoxy) is 1. The van der Waals surface area contributed by atoms with Crippen LogP contribution in [0, 0.1) is 5.92 Å². The summed E-state index contributed by atoms with van der Waals surface area (Å²) in [6.07, 6.45) is 0.866. The molecule has 0 aliphatic carbocycles. The zero-order valence-corrected chi connectivity index (χ0v) is 15.8. The summed E-state index contributed by atoms with van der Waals surface area (Å²) in [5.41, 5.74) is 1.72. The lowest BCUT2D eigenvalue weighted by Crippen LogP contribution is -2.13. The molecule has 2 N–H and O–H groups in total. The standard InChI is InChI=1S/C16H19N5O2S2/c1-9(2)6-14-20-21-16(25-14)19-13(22)8-24-15-17-11-5-4-10(23-3)7-12(11)18-15/h4-5,7,9H,6,8H2,1-3H3,(H,17,18)(H,19,21,22). The number of methoxy groups -OCH3 is 1. The average molecular weight is 377 g/mol. The Bertz CT molecular complexity index is 874. The summed E-state index contributed by atoms with van der Waals surface area (Å²) in [4.78, 5) is 19.7. The van der Waals surface area contributed by atoms with Gasteiger partial charge in [0.25, 0.3) is 0 Å². The number of thioether (sulfide) groups is 1. The molecule has 3 aromatic rings. The zero-order valence-electron chi connectivity index (χ0n) is 14.2. The monoisotopic (exact) mass is 377 g/mol. The molecule has 3 rings (SSSR count). The van der Waals surface area contributed by atoms with Gasteiger partial charge in [-0.05, 0) is 18.1 Å². The van der Waals surface area contributed by atoms with Gasteiger partial charge in [0.2, 0.25) is 11.0 Å². The predicted octanol–water partition coefficient (Wildman–Crippen LogP) is 3.35. The maximum atomic E-state index is 12.1. The van der Waals surface area contributed by atoms with Gasteiger partial charge in [0.15, 0.2) is 5.16 Å². The highest BCUT2D eigenvalue weighted by atomic mass is 32.2. The van der Waals surface area contributed by atoms with Crippen LogP contribution in [-0.2, 0) is 11.2 Å². The second-order valence-corrected chi connectivity index (χ2v) is 7.89. The van der Waals surface area contributed by atoms with Gasteiger partial charge >= 0.3 is 0 Å². The zero-order chi connectivity index (χ0) is 17.8. The van der Waals surface area contributed by atoms with Crippen LogP contribution in [0.25, 0.3) is 11.0 Å². The summed E-state index contributed by atoms with van der Waals surface area (Å²) in [6.45, 7) is 4.25. The van der Waals surface area contributed by atoms with Crippen molar-refractivity contribution < 1.29 is 9.53 Å². The minimum absolute atomic E-state index is 0.129. The molecular weight excluding hydrogens is 358 g/mol. The van der Waals surface area contributed by atoms with Crippen molar-refractivity contribution in [3.05, 3.63) is 23.2 Å². The summed E-state index contributed by atoms with van der Waals surface area (Å²) in [7, 11) is 1.62. The van der Waals surface area contributed by atoms with E-state index in [4.69, 9.17) is 4.74 Å². The molecule has 25 heavy (non-hydrogen) atoms. The Hall–Kier alpha value is -2.13. The van der Waals surface area contributed by atoms with E-state index in [0.29, 0.717) is 16.2 Å². The van der Waals surface area contributed by atoms with Crippen molar-refractivity contribution in [3.63, 3.8) is 0 Å². The molecule has 0 radical (unpaired) electrons. The average Bonchev–Trinajstić information content (AvgIpc) is 3.17. The predicted molar refractivity (Wildman–Crippen MR) is 100 cm³/mol. The molecule has 0 fully saturated rings. The fraction of sp³-hybridized carbons (Fsp3) is 0.375. The van der Waals surface area contributed by atoms with E-state index >= 15 is 0 Å². The van der Waals surface area contributed by atoms with E-state index < -0.39 is 0 Å². The molecule has 0 saturated carbocycles. The van der Waals surface area contributed by atoms with E-state index in [2.05, 4.69) is 39.3 Å². The maximum absolute atomic E-state index is 12.1. The number of benzene rings is 1. The molecule has 7 nitrogen and oxygen atoms in total. The number of carbonyl (C=O) groups excluding carboxylic acids is 1. The molecule has 1 aromatic carbocycles. The molecule has 0 bridgehead atoms. The summed E-state index contributed by atoms with van der Waals surface area (Å²) in [5.74, 6) is 1.39. The molecule has 0 unspecified atom stereocenters. The highest BCUT2D eigenvalue weighted by Gasteiger charge is 2.11. The first-order valence-electron chi connectivity index (χ1n) is 7.82. The quantitative estimate of drug-likeness (QED) is 0.613. The number of amides is 1. The second-order valence-electron chi connectivity index (χ2n) is 5.86. The molecule has 0 aliphatic heterocycles. The van der Waals surface area contributed by atoms with Crippen LogP contribution in [0.2, 0.25) is 0 Å². The summed E-state index contributed by atoms with van der Waals surface area (Å²) >= 11 is 2.76. The Balaban J connectivity index is 1.56. The van der Waals surface area contributed by atoms with Gasteiger partial charge in [-0.25, -0.2) is 4.98 Å². The topological polar surface area (TPSA) is 92.8 Å². The van der Waals surface area contributed by atoms with Crippen molar-refractivity contribution >= 4 is 45.2 Å². The first-order valence-corrected chi connectivity index (χ1v) is 9.62. The maximum Gasteiger partial charge on any atom is 0.236 e. The SMILES string of the molecule is COc1ccc2nc(SCC(=O)Nc3nnc(CC(C)C)s3)[nH]c2c1. The van der Waals surface area contributed by atoms with E-state index in [9.17, 15) is 4.79 Å². The van der Waals surface area contributed by atoms with Crippen LogP contribution in [0.5, 0.6) is 5.75 Å². The molecule has 2 heterocycles. The Labute approximate surface area is 153 Å². The number of nitrogens with one attached hydrogen (secondary N) is 2. The Morgan fingerprint density at radius 3 is 3.00 bits per heavy atom. The van der Waals surface area contributed by atoms with E-state index in [1.807, 2.05) is 18.2 Å². The third kappa shape index (κ3) is 4.70. The second kappa shape index (κ2) is 7.83. The Morgan fingerprint density at radius 1 is 1.40 bits per heavy atom. The van der Waals surface area contributed by atoms with Gasteiger partial charge in [0.1, 0.15) is 10.8 Å². The lowest BCUT2D eigenvalue weighted by Gasteiger charge is -1.99. The van der Waals surface area contributed by atoms with E-state index in [0.717, 1.165) is 28.2 Å². The lowest BCUT2D eigenvalue weighted by molar-refractivity contribution is -0.113. The molecular formula is C16H19N5O2S2. The van der Waals surface area contributed by atoms with Crippen molar-refractivity contribution in [1.29, 1.82) is 0 Å². The summed E-state index contributed by atoms with van der Waals surface area (Å²) in [5, 5.41) is 13.0. The Kier molecular flexibility index (Phi) is 5.54. The van der Waals surface area contributed by atoms with Crippen molar-refractivity contribution in [2.24, 2.45) is 5.92 Å². The molecule has 0 saturated heterocycles. The smallest absolute Gasteiger partial charge is 0.236 e. The summed E-state index contributed by atoms with van der Waals surface area (Å²) in [6, 6.07) is 5.62. The van der Waals surface area contributed by atoms with Crippen LogP contribution in [0.4, 0.5) is 5.13 Å². The first kappa shape index (κ1) is 17.7. The molecule has 9 heteroatoms. The van der Waals surface area contributed by atoms with Crippen LogP contribution in [0.3, 0.4) is 0 Å². The van der Waals surface area contributed by atoms with E-state index in [1.54, 1.807) is 7.11 Å². The molecule has 0 spiro atoms. The first-order chi connectivity index (χ1) is 12.0. The molecule has 2 aromatic heterocycles. The largest absolute Gasteiger partial charge is 0.497 e. The van der Waals surface area contributed by atoms with Crippen molar-refractivity contribution in [2.75, 3.05) is 18.2 Å². The molecule has 132 valence electrons.